The molecule has 1 aliphatic rings. The highest BCUT2D eigenvalue weighted by atomic mass is 35.5. The van der Waals surface area contributed by atoms with Gasteiger partial charge >= 0.3 is 0 Å². The van der Waals surface area contributed by atoms with Gasteiger partial charge in [0.15, 0.2) is 11.5 Å². The molecule has 0 unspecified atom stereocenters. The lowest BCUT2D eigenvalue weighted by molar-refractivity contribution is -0.140. The van der Waals surface area contributed by atoms with E-state index in [9.17, 15) is 14.7 Å². The Kier molecular flexibility index (Phi) is 9.23. The summed E-state index contributed by atoms with van der Waals surface area (Å²) < 4.78 is 16.0. The fourth-order valence-corrected chi connectivity index (χ4v) is 4.71. The first-order chi connectivity index (χ1) is 17.3. The number of methoxy groups -OCH3 is 3. The summed E-state index contributed by atoms with van der Waals surface area (Å²) in [5.41, 5.74) is 0.930. The molecule has 1 amide bonds. The van der Waals surface area contributed by atoms with Crippen LogP contribution in [-0.4, -0.2) is 74.1 Å². The van der Waals surface area contributed by atoms with Crippen molar-refractivity contribution in [3.63, 3.8) is 0 Å². The van der Waals surface area contributed by atoms with E-state index in [2.05, 4.69) is 18.7 Å². The summed E-state index contributed by atoms with van der Waals surface area (Å²) in [7, 11) is 4.54. The molecule has 2 aromatic rings. The normalized spacial score (nSPS) is 17.1. The highest BCUT2D eigenvalue weighted by molar-refractivity contribution is 6.46. The second-order valence-corrected chi connectivity index (χ2v) is 8.74. The molecule has 3 rings (SSSR count). The van der Waals surface area contributed by atoms with Gasteiger partial charge in [-0.05, 0) is 62.0 Å². The van der Waals surface area contributed by atoms with Gasteiger partial charge in [-0.2, -0.15) is 0 Å². The van der Waals surface area contributed by atoms with E-state index < -0.39 is 17.7 Å². The minimum absolute atomic E-state index is 0.00343. The molecule has 1 atom stereocenters. The van der Waals surface area contributed by atoms with Crippen LogP contribution in [0.1, 0.15) is 37.4 Å². The van der Waals surface area contributed by atoms with Gasteiger partial charge < -0.3 is 29.1 Å². The van der Waals surface area contributed by atoms with Crippen molar-refractivity contribution in [2.45, 2.75) is 26.3 Å². The minimum atomic E-state index is -0.803. The van der Waals surface area contributed by atoms with Gasteiger partial charge in [0.25, 0.3) is 11.7 Å². The van der Waals surface area contributed by atoms with Gasteiger partial charge in [-0.25, -0.2) is 0 Å². The van der Waals surface area contributed by atoms with Gasteiger partial charge in [0.1, 0.15) is 11.5 Å². The Hall–Kier alpha value is -3.23. The molecule has 0 aromatic heterocycles. The first kappa shape index (κ1) is 27.4. The molecule has 194 valence electrons. The smallest absolute Gasteiger partial charge is 0.295 e. The third-order valence-corrected chi connectivity index (χ3v) is 6.75. The lowest BCUT2D eigenvalue weighted by Gasteiger charge is -2.27. The maximum atomic E-state index is 13.3. The van der Waals surface area contributed by atoms with E-state index in [0.717, 1.165) is 19.6 Å². The van der Waals surface area contributed by atoms with Crippen molar-refractivity contribution in [3.05, 3.63) is 58.1 Å². The summed E-state index contributed by atoms with van der Waals surface area (Å²) in [6.45, 7) is 7.08. The second-order valence-electron chi connectivity index (χ2n) is 8.34. The predicted molar refractivity (Wildman–Crippen MR) is 139 cm³/mol. The fourth-order valence-electron chi connectivity index (χ4n) is 4.45. The summed E-state index contributed by atoms with van der Waals surface area (Å²) >= 11 is 6.27. The number of hydrogen-bond acceptors (Lipinski definition) is 7. The average Bonchev–Trinajstić information content (AvgIpc) is 3.15. The molecule has 8 nitrogen and oxygen atoms in total. The van der Waals surface area contributed by atoms with Crippen molar-refractivity contribution in [1.82, 2.24) is 9.80 Å². The van der Waals surface area contributed by atoms with E-state index in [-0.39, 0.29) is 16.4 Å². The van der Waals surface area contributed by atoms with Crippen molar-refractivity contribution in [2.24, 2.45) is 0 Å². The summed E-state index contributed by atoms with van der Waals surface area (Å²) in [4.78, 5) is 30.3. The summed E-state index contributed by atoms with van der Waals surface area (Å²) in [6, 6.07) is 9.11. The molecule has 1 fully saturated rings. The van der Waals surface area contributed by atoms with Crippen LogP contribution in [0.3, 0.4) is 0 Å². The number of carbonyl (C=O) groups excluding carboxylic acids is 2. The van der Waals surface area contributed by atoms with Crippen LogP contribution in [0.15, 0.2) is 42.0 Å². The number of benzene rings is 2. The van der Waals surface area contributed by atoms with Gasteiger partial charge in [-0.1, -0.05) is 31.5 Å². The zero-order valence-corrected chi connectivity index (χ0v) is 22.1. The van der Waals surface area contributed by atoms with E-state index in [1.165, 1.54) is 32.3 Å². The van der Waals surface area contributed by atoms with Gasteiger partial charge in [-0.3, -0.25) is 9.59 Å². The highest BCUT2D eigenvalue weighted by Gasteiger charge is 2.46. The number of hydrogen-bond donors (Lipinski definition) is 1. The number of likely N-dealkylation sites (tertiary alicyclic amines) is 1. The number of ketones is 1. The largest absolute Gasteiger partial charge is 0.507 e. The van der Waals surface area contributed by atoms with Crippen molar-refractivity contribution in [1.29, 1.82) is 0 Å². The van der Waals surface area contributed by atoms with Crippen LogP contribution in [-0.2, 0) is 9.59 Å². The first-order valence-corrected chi connectivity index (χ1v) is 12.3. The lowest BCUT2D eigenvalue weighted by Crippen LogP contribution is -2.33. The number of ether oxygens (including phenoxy) is 3. The van der Waals surface area contributed by atoms with Gasteiger partial charge in [0.05, 0.1) is 38.0 Å². The minimum Gasteiger partial charge on any atom is -0.507 e. The topological polar surface area (TPSA) is 88.5 Å². The molecule has 0 spiro atoms. The quantitative estimate of drug-likeness (QED) is 0.267. The van der Waals surface area contributed by atoms with Gasteiger partial charge in [0, 0.05) is 12.1 Å². The molecule has 0 radical (unpaired) electrons. The molecule has 0 bridgehead atoms. The number of halogens is 1. The first-order valence-electron chi connectivity index (χ1n) is 11.9. The van der Waals surface area contributed by atoms with Gasteiger partial charge in [-0.15, -0.1) is 0 Å². The Bertz CT molecular complexity index is 1150. The molecule has 2 aromatic carbocycles. The van der Waals surface area contributed by atoms with Crippen LogP contribution in [0.2, 0.25) is 5.02 Å². The second kappa shape index (κ2) is 12.1. The number of aliphatic hydroxyl groups is 1. The maximum Gasteiger partial charge on any atom is 0.295 e. The zero-order valence-electron chi connectivity index (χ0n) is 21.3. The number of rotatable bonds is 11. The van der Waals surface area contributed by atoms with Crippen LogP contribution in [0, 0.1) is 0 Å². The molecule has 36 heavy (non-hydrogen) atoms. The number of aliphatic hydroxyl groups excluding tert-OH is 1. The number of carbonyl (C=O) groups is 2. The van der Waals surface area contributed by atoms with E-state index in [0.29, 0.717) is 41.3 Å². The Labute approximate surface area is 217 Å². The Morgan fingerprint density at radius 2 is 1.61 bits per heavy atom. The van der Waals surface area contributed by atoms with Crippen LogP contribution in [0.4, 0.5) is 0 Å². The third kappa shape index (κ3) is 5.44. The van der Waals surface area contributed by atoms with Gasteiger partial charge in [0.2, 0.25) is 0 Å². The van der Waals surface area contributed by atoms with Crippen LogP contribution in [0.25, 0.3) is 5.76 Å². The Balaban J connectivity index is 2.11. The van der Waals surface area contributed by atoms with E-state index in [1.807, 2.05) is 0 Å². The van der Waals surface area contributed by atoms with E-state index >= 15 is 0 Å². The molecule has 0 saturated carbocycles. The lowest BCUT2D eigenvalue weighted by atomic mass is 9.95. The fraction of sp³-hybridized carbons (Fsp3) is 0.407. The zero-order chi connectivity index (χ0) is 26.4. The predicted octanol–water partition coefficient (Wildman–Crippen LogP) is 4.52. The summed E-state index contributed by atoms with van der Waals surface area (Å²) in [5, 5.41) is 11.6. The number of Topliss-reactive ketones (excluding diaryl/α,β-unsaturated/α-hetero) is 1. The molecular formula is C27H33ClN2O6. The monoisotopic (exact) mass is 516 g/mol. The van der Waals surface area contributed by atoms with E-state index in [4.69, 9.17) is 25.8 Å². The molecule has 1 heterocycles. The Morgan fingerprint density at radius 3 is 2.19 bits per heavy atom. The summed E-state index contributed by atoms with van der Waals surface area (Å²) in [5.74, 6) is -0.305. The van der Waals surface area contributed by atoms with Crippen molar-refractivity contribution >= 4 is 29.1 Å². The van der Waals surface area contributed by atoms with Crippen LogP contribution in [0.5, 0.6) is 17.2 Å². The molecular weight excluding hydrogens is 484 g/mol. The third-order valence-electron chi connectivity index (χ3n) is 6.46. The molecule has 1 N–H and O–H groups in total. The molecule has 9 heteroatoms. The molecule has 1 saturated heterocycles. The van der Waals surface area contributed by atoms with Crippen molar-refractivity contribution in [2.75, 3.05) is 47.5 Å². The molecule has 0 aliphatic carbocycles. The number of amides is 1. The SMILES string of the molecule is CCN(CC)CCCN1C(=O)C(=O)C(=C(O)c2ccc(OC)c(Cl)c2)[C@@H]1c1ccc(OC)c(OC)c1. The van der Waals surface area contributed by atoms with Crippen LogP contribution < -0.4 is 14.2 Å². The number of nitrogens with zero attached hydrogens (tertiary/aromatic N) is 2. The summed E-state index contributed by atoms with van der Waals surface area (Å²) in [6.07, 6.45) is 0.674. The van der Waals surface area contributed by atoms with E-state index in [1.54, 1.807) is 30.3 Å². The Morgan fingerprint density at radius 1 is 0.972 bits per heavy atom. The van der Waals surface area contributed by atoms with Crippen LogP contribution >= 0.6 is 11.6 Å². The molecule has 1 aliphatic heterocycles. The van der Waals surface area contributed by atoms with Crippen molar-refractivity contribution < 1.29 is 28.9 Å². The maximum absolute atomic E-state index is 13.3. The highest BCUT2D eigenvalue weighted by Crippen LogP contribution is 2.42. The average molecular weight is 517 g/mol. The standard InChI is InChI=1S/C27H33ClN2O6/c1-6-29(7-2)13-8-14-30-24(17-9-12-21(35-4)22(16-17)36-5)23(26(32)27(30)33)25(31)18-10-11-20(34-3)19(28)15-18/h9-12,15-16,24,31H,6-8,13-14H2,1-5H3/t24-/m0/s1. The van der Waals surface area contributed by atoms with Crippen molar-refractivity contribution in [3.8, 4) is 17.2 Å².